The van der Waals surface area contributed by atoms with Crippen LogP contribution in [0, 0.1) is 0 Å². The second kappa shape index (κ2) is 16.4. The van der Waals surface area contributed by atoms with Crippen molar-refractivity contribution in [2.24, 2.45) is 0 Å². The van der Waals surface area contributed by atoms with Gasteiger partial charge in [-0.1, -0.05) is 188 Å². The number of nitrogens with zero attached hydrogens (tertiary/aromatic N) is 1. The minimum Gasteiger partial charge on any atom is -0.309 e. The van der Waals surface area contributed by atoms with E-state index in [2.05, 4.69) is 229 Å². The first kappa shape index (κ1) is 38.8. The topological polar surface area (TPSA) is 20.3 Å². The lowest BCUT2D eigenvalue weighted by atomic mass is 9.80. The third kappa shape index (κ3) is 7.02. The average molecular weight is 850 g/mol. The van der Waals surface area contributed by atoms with E-state index in [1.807, 2.05) is 6.07 Å². The Morgan fingerprint density at radius 2 is 0.862 bits per heavy atom. The standard InChI is InChI=1S/C62H43NOS/c64-59-39-49-35-48-25-13-14-28-51(48)54-37-46(42-19-7-2-8-20-42)31-33-57(54)63(50-27-15-26-45(36-50)41-17-5-1-6-18-41)58-34-32-47(43-21-9-3-10-22-43)38-55(58)52-29-16-30-53(61(49)52)62-56(59)40-60(65-62)44-23-11-4-12-24-44/h1-34,36-38,40,49H,35,39H2. The van der Waals surface area contributed by atoms with E-state index in [0.717, 1.165) is 82.5 Å². The highest BCUT2D eigenvalue weighted by Crippen LogP contribution is 2.54. The molecule has 0 radical (unpaired) electrons. The van der Waals surface area contributed by atoms with Crippen molar-refractivity contribution in [3.8, 4) is 76.5 Å². The van der Waals surface area contributed by atoms with Crippen LogP contribution in [-0.2, 0) is 6.42 Å². The average Bonchev–Trinajstić information content (AvgIpc) is 3.79. The molecular weight excluding hydrogens is 807 g/mol. The number of anilines is 3. The van der Waals surface area contributed by atoms with Crippen LogP contribution in [0.15, 0.2) is 231 Å². The molecule has 0 N–H and O–H groups in total. The molecule has 1 atom stereocenters. The van der Waals surface area contributed by atoms with Gasteiger partial charge in [0.2, 0.25) is 0 Å². The summed E-state index contributed by atoms with van der Waals surface area (Å²) in [6, 6.07) is 83.3. The zero-order valence-corrected chi connectivity index (χ0v) is 36.5. The van der Waals surface area contributed by atoms with Crippen LogP contribution in [0.1, 0.15) is 33.8 Å². The van der Waals surface area contributed by atoms with Crippen LogP contribution >= 0.6 is 11.3 Å². The van der Waals surface area contributed by atoms with Gasteiger partial charge in [0.1, 0.15) is 0 Å². The Balaban J connectivity index is 1.19. The van der Waals surface area contributed by atoms with E-state index in [9.17, 15) is 4.79 Å². The molecule has 2 aliphatic rings. The fourth-order valence-corrected chi connectivity index (χ4v) is 11.4. The van der Waals surface area contributed by atoms with E-state index in [4.69, 9.17) is 0 Å². The number of hydrogen-bond donors (Lipinski definition) is 0. The second-order valence-electron chi connectivity index (χ2n) is 17.1. The van der Waals surface area contributed by atoms with Crippen molar-refractivity contribution in [1.29, 1.82) is 0 Å². The van der Waals surface area contributed by atoms with Crippen molar-refractivity contribution in [3.05, 3.63) is 247 Å². The normalized spacial score (nSPS) is 13.9. The number of rotatable bonds is 5. The molecule has 0 bridgehead atoms. The van der Waals surface area contributed by atoms with Crippen molar-refractivity contribution in [2.75, 3.05) is 4.90 Å². The number of benzene rings is 9. The summed E-state index contributed by atoms with van der Waals surface area (Å²) in [6.07, 6.45) is 1.11. The maximum Gasteiger partial charge on any atom is 0.164 e. The van der Waals surface area contributed by atoms with E-state index in [1.54, 1.807) is 11.3 Å². The fourth-order valence-electron chi connectivity index (χ4n) is 10.2. The molecule has 0 saturated heterocycles. The molecule has 0 fully saturated rings. The predicted octanol–water partition coefficient (Wildman–Crippen LogP) is 17.1. The number of carbonyl (C=O) groups excluding carboxylic acids is 1. The van der Waals surface area contributed by atoms with Gasteiger partial charge in [-0.25, -0.2) is 0 Å². The Morgan fingerprint density at radius 1 is 0.369 bits per heavy atom. The molecule has 0 spiro atoms. The van der Waals surface area contributed by atoms with Gasteiger partial charge in [0.05, 0.1) is 11.4 Å². The summed E-state index contributed by atoms with van der Waals surface area (Å²) < 4.78 is 0. The third-order valence-electron chi connectivity index (χ3n) is 13.2. The molecule has 2 heterocycles. The molecule has 10 aromatic rings. The lowest BCUT2D eigenvalue weighted by Gasteiger charge is -2.31. The van der Waals surface area contributed by atoms with Crippen LogP contribution in [-0.4, -0.2) is 5.78 Å². The number of carbonyl (C=O) groups is 1. The Hall–Kier alpha value is -7.85. The van der Waals surface area contributed by atoms with Crippen LogP contribution in [0.5, 0.6) is 0 Å². The summed E-state index contributed by atoms with van der Waals surface area (Å²) in [5.74, 6) is 0.110. The van der Waals surface area contributed by atoms with Crippen LogP contribution < -0.4 is 4.90 Å². The molecule has 308 valence electrons. The first-order valence-electron chi connectivity index (χ1n) is 22.4. The minimum absolute atomic E-state index is 0.0865. The second-order valence-corrected chi connectivity index (χ2v) is 18.2. The van der Waals surface area contributed by atoms with E-state index >= 15 is 0 Å². The number of thiophene rings is 1. The van der Waals surface area contributed by atoms with Crippen LogP contribution in [0.4, 0.5) is 17.1 Å². The first-order chi connectivity index (χ1) is 32.1. The zero-order valence-electron chi connectivity index (χ0n) is 35.7. The number of fused-ring (bicyclic) bond motifs is 7. The van der Waals surface area contributed by atoms with Crippen LogP contribution in [0.3, 0.4) is 0 Å². The molecule has 3 heteroatoms. The Morgan fingerprint density at radius 3 is 1.49 bits per heavy atom. The Kier molecular flexibility index (Phi) is 9.77. The smallest absolute Gasteiger partial charge is 0.164 e. The summed E-state index contributed by atoms with van der Waals surface area (Å²) in [5.41, 5.74) is 20.3. The number of Topliss-reactive ketones (excluding diaryl/α,β-unsaturated/α-hetero) is 1. The fraction of sp³-hybridized carbons (Fsp3) is 0.0484. The van der Waals surface area contributed by atoms with Gasteiger partial charge in [0, 0.05) is 38.6 Å². The van der Waals surface area contributed by atoms with Crippen LogP contribution in [0.2, 0.25) is 0 Å². The van der Waals surface area contributed by atoms with Crippen molar-refractivity contribution in [2.45, 2.75) is 18.8 Å². The first-order valence-corrected chi connectivity index (χ1v) is 23.3. The molecule has 65 heavy (non-hydrogen) atoms. The summed E-state index contributed by atoms with van der Waals surface area (Å²) in [4.78, 5) is 19.6. The van der Waals surface area contributed by atoms with Gasteiger partial charge >= 0.3 is 0 Å². The molecule has 0 saturated carbocycles. The molecule has 1 aliphatic heterocycles. The maximum absolute atomic E-state index is 14.9. The lowest BCUT2D eigenvalue weighted by Crippen LogP contribution is -2.13. The Bertz CT molecular complexity index is 3390. The van der Waals surface area contributed by atoms with E-state index < -0.39 is 0 Å². The summed E-state index contributed by atoms with van der Waals surface area (Å²) >= 11 is 1.74. The molecule has 1 aromatic heterocycles. The molecular formula is C62H43NOS. The van der Waals surface area contributed by atoms with Crippen molar-refractivity contribution < 1.29 is 4.79 Å². The molecule has 0 amide bonds. The van der Waals surface area contributed by atoms with Crippen molar-refractivity contribution in [1.82, 2.24) is 0 Å². The summed E-state index contributed by atoms with van der Waals surface area (Å²) in [7, 11) is 0. The number of ketones is 1. The molecule has 12 rings (SSSR count). The SMILES string of the molecule is O=C1CC2Cc3ccccc3-c3cc(-c4ccccc4)ccc3N(c3cccc(-c4ccccc4)c3)c3ccc(-c4ccccc4)cc3-c3cccc(c32)-c2sc(-c3ccccc3)cc21. The van der Waals surface area contributed by atoms with Crippen molar-refractivity contribution >= 4 is 34.2 Å². The van der Waals surface area contributed by atoms with E-state index in [-0.39, 0.29) is 11.7 Å². The molecule has 1 aliphatic carbocycles. The van der Waals surface area contributed by atoms with Gasteiger partial charge in [-0.3, -0.25) is 4.79 Å². The highest BCUT2D eigenvalue weighted by Gasteiger charge is 2.34. The highest BCUT2D eigenvalue weighted by atomic mass is 32.1. The number of hydrogen-bond acceptors (Lipinski definition) is 3. The third-order valence-corrected chi connectivity index (χ3v) is 14.5. The maximum atomic E-state index is 14.9. The summed E-state index contributed by atoms with van der Waals surface area (Å²) in [6.45, 7) is 0. The lowest BCUT2D eigenvalue weighted by molar-refractivity contribution is 0.0976. The van der Waals surface area contributed by atoms with Gasteiger partial charge < -0.3 is 4.90 Å². The Labute approximate surface area is 384 Å². The predicted molar refractivity (Wildman–Crippen MR) is 272 cm³/mol. The van der Waals surface area contributed by atoms with Crippen molar-refractivity contribution in [3.63, 3.8) is 0 Å². The van der Waals surface area contributed by atoms with Gasteiger partial charge in [-0.15, -0.1) is 11.3 Å². The minimum atomic E-state index is -0.0865. The molecule has 1 unspecified atom stereocenters. The van der Waals surface area contributed by atoms with Gasteiger partial charge in [0.15, 0.2) is 5.78 Å². The van der Waals surface area contributed by atoms with Gasteiger partial charge in [-0.05, 0) is 122 Å². The van der Waals surface area contributed by atoms with E-state index in [0.29, 0.717) is 12.8 Å². The highest BCUT2D eigenvalue weighted by molar-refractivity contribution is 7.19. The monoisotopic (exact) mass is 849 g/mol. The largest absolute Gasteiger partial charge is 0.309 e. The van der Waals surface area contributed by atoms with Gasteiger partial charge in [0.25, 0.3) is 0 Å². The van der Waals surface area contributed by atoms with E-state index in [1.165, 1.54) is 27.8 Å². The van der Waals surface area contributed by atoms with Crippen LogP contribution in [0.25, 0.3) is 76.5 Å². The molecule has 2 nitrogen and oxygen atoms in total. The zero-order chi connectivity index (χ0) is 43.3. The summed E-state index contributed by atoms with van der Waals surface area (Å²) in [5, 5.41) is 0. The quantitative estimate of drug-likeness (QED) is 0.172. The van der Waals surface area contributed by atoms with Gasteiger partial charge in [-0.2, -0.15) is 0 Å². The molecule has 9 aromatic carbocycles.